The average Bonchev–Trinajstić information content (AvgIpc) is 2.56. The van der Waals surface area contributed by atoms with Crippen molar-refractivity contribution in [2.24, 2.45) is 21.9 Å². The summed E-state index contributed by atoms with van der Waals surface area (Å²) in [6.45, 7) is 3.28. The topological polar surface area (TPSA) is 165 Å². The van der Waals surface area contributed by atoms with Crippen LogP contribution in [0.25, 0.3) is 0 Å². The molecule has 0 bridgehead atoms. The Morgan fingerprint density at radius 1 is 0.875 bits per heavy atom. The van der Waals surface area contributed by atoms with E-state index in [0.29, 0.717) is 22.6 Å². The van der Waals surface area contributed by atoms with Gasteiger partial charge in [0.1, 0.15) is 11.5 Å². The zero-order valence-corrected chi connectivity index (χ0v) is 14.5. The van der Waals surface area contributed by atoms with E-state index >= 15 is 0 Å². The Balaban J connectivity index is 3.17. The summed E-state index contributed by atoms with van der Waals surface area (Å²) in [6.07, 6.45) is 0. The lowest BCUT2D eigenvalue weighted by molar-refractivity contribution is 0.449. The van der Waals surface area contributed by atoms with Crippen LogP contribution in [0, 0.1) is 0 Å². The predicted octanol–water partition coefficient (Wildman–Crippen LogP) is -0.779. The van der Waals surface area contributed by atoms with Crippen LogP contribution in [0.2, 0.25) is 0 Å². The summed E-state index contributed by atoms with van der Waals surface area (Å²) in [6, 6.07) is 2.70. The van der Waals surface area contributed by atoms with Crippen LogP contribution >= 0.6 is 24.4 Å². The maximum Gasteiger partial charge on any atom is 0.201 e. The molecule has 0 spiro atoms. The lowest BCUT2D eigenvalue weighted by Crippen LogP contribution is -2.37. The first-order valence-corrected chi connectivity index (χ1v) is 7.30. The first-order valence-electron chi connectivity index (χ1n) is 6.48. The van der Waals surface area contributed by atoms with Gasteiger partial charge < -0.3 is 10.2 Å². The zero-order valence-electron chi connectivity index (χ0n) is 12.9. The molecule has 0 aromatic heterocycles. The van der Waals surface area contributed by atoms with E-state index in [1.54, 1.807) is 13.8 Å². The number of phenolic OH excluding ortho intramolecular Hbond substituents is 2. The molecule has 0 aliphatic carbocycles. The van der Waals surface area contributed by atoms with E-state index in [2.05, 4.69) is 31.9 Å². The van der Waals surface area contributed by atoms with Crippen LogP contribution in [0.15, 0.2) is 22.3 Å². The van der Waals surface area contributed by atoms with Crippen molar-refractivity contribution >= 4 is 46.1 Å². The average molecular weight is 370 g/mol. The molecule has 1 rings (SSSR count). The number of hydrazine groups is 2. The third-order valence-corrected chi connectivity index (χ3v) is 3.22. The highest BCUT2D eigenvalue weighted by atomic mass is 32.1. The Morgan fingerprint density at radius 2 is 1.25 bits per heavy atom. The Hall–Kier alpha value is -2.54. The molecular formula is C12H18N8O2S2. The van der Waals surface area contributed by atoms with E-state index in [1.807, 2.05) is 0 Å². The van der Waals surface area contributed by atoms with E-state index in [0.717, 1.165) is 0 Å². The largest absolute Gasteiger partial charge is 0.507 e. The van der Waals surface area contributed by atoms with Gasteiger partial charge >= 0.3 is 0 Å². The summed E-state index contributed by atoms with van der Waals surface area (Å²) in [5.74, 6) is 9.93. The lowest BCUT2D eigenvalue weighted by Gasteiger charge is -2.11. The number of hydrogen-bond donors (Lipinski definition) is 8. The number of nitrogens with one attached hydrogen (secondary N) is 4. The fourth-order valence-electron chi connectivity index (χ4n) is 1.61. The van der Waals surface area contributed by atoms with Crippen LogP contribution in [0.5, 0.6) is 11.5 Å². The van der Waals surface area contributed by atoms with Gasteiger partial charge in [-0.3, -0.25) is 21.7 Å². The summed E-state index contributed by atoms with van der Waals surface area (Å²) in [5.41, 5.74) is 11.0. The molecule has 0 amide bonds. The number of aromatic hydroxyl groups is 2. The first kappa shape index (κ1) is 19.5. The first-order chi connectivity index (χ1) is 11.3. The number of rotatable bonds is 4. The summed E-state index contributed by atoms with van der Waals surface area (Å²) in [5, 5.41) is 28.2. The molecule has 0 radical (unpaired) electrons. The summed E-state index contributed by atoms with van der Waals surface area (Å²) < 4.78 is 0. The standard InChI is InChI=1S/C12H18N8O2S2/c1-5(17-19-11(23)15-13)7-3-8(10(22)4-9(7)21)6(2)18-20-12(24)16-14/h3-4,21-22H,13-14H2,1-2H3,(H2,15,19,23)(H2,16,20,24)/b17-5+,18-6+. The van der Waals surface area contributed by atoms with E-state index in [4.69, 9.17) is 36.1 Å². The number of benzene rings is 1. The Kier molecular flexibility index (Phi) is 7.26. The van der Waals surface area contributed by atoms with Gasteiger partial charge in [0, 0.05) is 17.2 Å². The van der Waals surface area contributed by atoms with Gasteiger partial charge in [-0.15, -0.1) is 0 Å². The van der Waals surface area contributed by atoms with Crippen LogP contribution in [0.3, 0.4) is 0 Å². The fraction of sp³-hybridized carbons (Fsp3) is 0.167. The van der Waals surface area contributed by atoms with Crippen molar-refractivity contribution < 1.29 is 10.2 Å². The smallest absolute Gasteiger partial charge is 0.201 e. The highest BCUT2D eigenvalue weighted by molar-refractivity contribution is 7.80. The lowest BCUT2D eigenvalue weighted by atomic mass is 10.0. The Morgan fingerprint density at radius 3 is 1.58 bits per heavy atom. The predicted molar refractivity (Wildman–Crippen MR) is 100 cm³/mol. The third kappa shape index (κ3) is 5.27. The molecule has 0 aliphatic heterocycles. The second kappa shape index (κ2) is 8.93. The molecule has 130 valence electrons. The normalized spacial score (nSPS) is 11.7. The minimum atomic E-state index is -0.161. The quantitative estimate of drug-likeness (QED) is 0.146. The molecule has 0 saturated carbocycles. The van der Waals surface area contributed by atoms with E-state index < -0.39 is 0 Å². The van der Waals surface area contributed by atoms with Gasteiger partial charge in [0.2, 0.25) is 10.2 Å². The highest BCUT2D eigenvalue weighted by Crippen LogP contribution is 2.28. The van der Waals surface area contributed by atoms with Crippen LogP contribution in [-0.2, 0) is 0 Å². The van der Waals surface area contributed by atoms with E-state index in [1.165, 1.54) is 12.1 Å². The highest BCUT2D eigenvalue weighted by Gasteiger charge is 2.13. The molecule has 1 aromatic carbocycles. The van der Waals surface area contributed by atoms with E-state index in [-0.39, 0.29) is 21.7 Å². The molecule has 10 nitrogen and oxygen atoms in total. The van der Waals surface area contributed by atoms with Crippen molar-refractivity contribution in [3.63, 3.8) is 0 Å². The number of hydrogen-bond acceptors (Lipinski definition) is 8. The maximum atomic E-state index is 10.0. The molecule has 0 unspecified atom stereocenters. The SMILES string of the molecule is C/C(=N\NC(=S)NN)c1cc(/C(C)=N/NC(=S)NN)c(O)cc1O. The van der Waals surface area contributed by atoms with Gasteiger partial charge in [-0.2, -0.15) is 10.2 Å². The molecule has 0 saturated heterocycles. The fourth-order valence-corrected chi connectivity index (χ4v) is 1.70. The van der Waals surface area contributed by atoms with Crippen LogP contribution in [0.1, 0.15) is 25.0 Å². The van der Waals surface area contributed by atoms with Gasteiger partial charge in [0.15, 0.2) is 0 Å². The van der Waals surface area contributed by atoms with Crippen molar-refractivity contribution in [1.29, 1.82) is 0 Å². The molecule has 12 heteroatoms. The maximum absolute atomic E-state index is 10.0. The Bertz CT molecular complexity index is 649. The molecule has 0 fully saturated rings. The van der Waals surface area contributed by atoms with Crippen molar-refractivity contribution in [3.05, 3.63) is 23.3 Å². The van der Waals surface area contributed by atoms with Crippen LogP contribution in [-0.4, -0.2) is 31.9 Å². The summed E-state index contributed by atoms with van der Waals surface area (Å²) >= 11 is 9.60. The Labute approximate surface area is 148 Å². The molecule has 24 heavy (non-hydrogen) atoms. The van der Waals surface area contributed by atoms with Gasteiger partial charge in [-0.05, 0) is 44.3 Å². The minimum Gasteiger partial charge on any atom is -0.507 e. The minimum absolute atomic E-state index is 0.109. The van der Waals surface area contributed by atoms with Crippen molar-refractivity contribution in [3.8, 4) is 11.5 Å². The number of nitrogens with zero attached hydrogens (tertiary/aromatic N) is 2. The molecule has 0 heterocycles. The van der Waals surface area contributed by atoms with Gasteiger partial charge in [-0.1, -0.05) is 0 Å². The number of nitrogens with two attached hydrogens (primary N) is 2. The molecule has 0 aliphatic rings. The number of thiocarbonyl (C=S) groups is 2. The van der Waals surface area contributed by atoms with Gasteiger partial charge in [0.25, 0.3) is 0 Å². The van der Waals surface area contributed by atoms with Crippen molar-refractivity contribution in [2.45, 2.75) is 13.8 Å². The molecule has 0 atom stereocenters. The molecule has 10 N–H and O–H groups in total. The number of hydrazone groups is 2. The van der Waals surface area contributed by atoms with Crippen LogP contribution in [0.4, 0.5) is 0 Å². The van der Waals surface area contributed by atoms with Gasteiger partial charge in [0.05, 0.1) is 11.4 Å². The molecule has 1 aromatic rings. The monoisotopic (exact) mass is 370 g/mol. The third-order valence-electron chi connectivity index (χ3n) is 2.81. The van der Waals surface area contributed by atoms with E-state index in [9.17, 15) is 10.2 Å². The number of phenols is 2. The second-order valence-corrected chi connectivity index (χ2v) is 5.27. The second-order valence-electron chi connectivity index (χ2n) is 4.45. The van der Waals surface area contributed by atoms with Crippen LogP contribution < -0.4 is 33.4 Å². The zero-order chi connectivity index (χ0) is 18.3. The van der Waals surface area contributed by atoms with Crippen molar-refractivity contribution in [2.75, 3.05) is 0 Å². The molecular weight excluding hydrogens is 352 g/mol. The van der Waals surface area contributed by atoms with Gasteiger partial charge in [-0.25, -0.2) is 11.7 Å². The van der Waals surface area contributed by atoms with Crippen molar-refractivity contribution in [1.82, 2.24) is 21.7 Å². The summed E-state index contributed by atoms with van der Waals surface area (Å²) in [7, 11) is 0. The summed E-state index contributed by atoms with van der Waals surface area (Å²) in [4.78, 5) is 0.